The predicted octanol–water partition coefficient (Wildman–Crippen LogP) is 5.93. The Morgan fingerprint density at radius 3 is 1.96 bits per heavy atom. The highest BCUT2D eigenvalue weighted by atomic mass is 16.4. The van der Waals surface area contributed by atoms with E-state index in [0.29, 0.717) is 5.41 Å². The Kier molecular flexibility index (Phi) is 8.56. The molecule has 0 saturated carbocycles. The van der Waals surface area contributed by atoms with E-state index in [9.17, 15) is 4.79 Å². The van der Waals surface area contributed by atoms with Crippen LogP contribution in [-0.4, -0.2) is 11.1 Å². The van der Waals surface area contributed by atoms with Crippen LogP contribution in [0.1, 0.15) is 40.0 Å². The Morgan fingerprint density at radius 1 is 0.917 bits per heavy atom. The number of hydrogen-bond donors (Lipinski definition) is 1. The highest BCUT2D eigenvalue weighted by molar-refractivity contribution is 5.80. The van der Waals surface area contributed by atoms with Crippen molar-refractivity contribution in [2.75, 3.05) is 0 Å². The number of carboxylic acids is 1. The molecule has 1 aliphatic carbocycles. The Balaban J connectivity index is 2.41. The topological polar surface area (TPSA) is 37.3 Å². The number of carboxylic acid groups (broad SMARTS) is 1. The zero-order valence-corrected chi connectivity index (χ0v) is 14.9. The van der Waals surface area contributed by atoms with Crippen molar-refractivity contribution in [1.82, 2.24) is 0 Å². The molecule has 2 heteroatoms. The van der Waals surface area contributed by atoms with Crippen LogP contribution in [0.5, 0.6) is 0 Å². The summed E-state index contributed by atoms with van der Waals surface area (Å²) in [7, 11) is 0. The second-order valence-corrected chi connectivity index (χ2v) is 6.48. The maximum Gasteiger partial charge on any atom is 0.328 e. The normalized spacial score (nSPS) is 19.3. The molecule has 1 aliphatic rings. The van der Waals surface area contributed by atoms with E-state index in [-0.39, 0.29) is 0 Å². The zero-order valence-electron chi connectivity index (χ0n) is 14.9. The van der Waals surface area contributed by atoms with Crippen molar-refractivity contribution < 1.29 is 9.90 Å². The molecule has 0 fully saturated rings. The van der Waals surface area contributed by atoms with Crippen LogP contribution in [-0.2, 0) is 4.79 Å². The molecule has 0 radical (unpaired) electrons. The Bertz CT molecular complexity index is 620. The van der Waals surface area contributed by atoms with Crippen LogP contribution in [0.4, 0.5) is 0 Å². The average molecular weight is 324 g/mol. The first kappa shape index (κ1) is 19.7. The molecule has 0 bridgehead atoms. The van der Waals surface area contributed by atoms with Gasteiger partial charge >= 0.3 is 5.97 Å². The first-order chi connectivity index (χ1) is 11.4. The van der Waals surface area contributed by atoms with Gasteiger partial charge < -0.3 is 5.11 Å². The monoisotopic (exact) mass is 324 g/mol. The molecule has 0 aromatic carbocycles. The van der Waals surface area contributed by atoms with E-state index in [2.05, 4.69) is 32.9 Å². The van der Waals surface area contributed by atoms with Crippen molar-refractivity contribution in [3.05, 3.63) is 84.1 Å². The van der Waals surface area contributed by atoms with E-state index < -0.39 is 5.97 Å². The van der Waals surface area contributed by atoms with Gasteiger partial charge in [-0.05, 0) is 37.2 Å². The summed E-state index contributed by atoms with van der Waals surface area (Å²) in [6.45, 7) is 6.91. The maximum atomic E-state index is 10.2. The third kappa shape index (κ3) is 7.77. The molecule has 0 heterocycles. The van der Waals surface area contributed by atoms with Gasteiger partial charge in [0.1, 0.15) is 0 Å². The van der Waals surface area contributed by atoms with Crippen molar-refractivity contribution in [3.8, 4) is 0 Å². The SMILES string of the molecule is CC1=C(C=CC=CC=CC=CC=CC=CC(=O)O)CCCC1(C)C. The fourth-order valence-electron chi connectivity index (χ4n) is 2.56. The minimum atomic E-state index is -0.940. The summed E-state index contributed by atoms with van der Waals surface area (Å²) in [4.78, 5) is 10.2. The van der Waals surface area contributed by atoms with Crippen LogP contribution < -0.4 is 0 Å². The predicted molar refractivity (Wildman–Crippen MR) is 103 cm³/mol. The van der Waals surface area contributed by atoms with Crippen LogP contribution >= 0.6 is 0 Å². The van der Waals surface area contributed by atoms with Crippen molar-refractivity contribution >= 4 is 5.97 Å². The van der Waals surface area contributed by atoms with Gasteiger partial charge in [0.05, 0.1) is 0 Å². The number of hydrogen-bond acceptors (Lipinski definition) is 1. The van der Waals surface area contributed by atoms with Gasteiger partial charge in [-0.25, -0.2) is 4.79 Å². The van der Waals surface area contributed by atoms with Gasteiger partial charge in [0.15, 0.2) is 0 Å². The zero-order chi connectivity index (χ0) is 17.8. The van der Waals surface area contributed by atoms with Crippen molar-refractivity contribution in [3.63, 3.8) is 0 Å². The van der Waals surface area contributed by atoms with E-state index in [1.807, 2.05) is 36.5 Å². The standard InChI is InChI=1S/C22H28O2/c1-19-20(16-14-18-22(19,2)3)15-12-10-8-6-4-5-7-9-11-13-17-21(23)24/h4-13,15,17H,14,16,18H2,1-3H3,(H,23,24). The summed E-state index contributed by atoms with van der Waals surface area (Å²) in [6.07, 6.45) is 25.8. The molecule has 0 aromatic rings. The van der Waals surface area contributed by atoms with E-state index in [4.69, 9.17) is 5.11 Å². The highest BCUT2D eigenvalue weighted by Gasteiger charge is 2.25. The van der Waals surface area contributed by atoms with Crippen LogP contribution in [0.15, 0.2) is 84.1 Å². The summed E-state index contributed by atoms with van der Waals surface area (Å²) in [5, 5.41) is 8.41. The lowest BCUT2D eigenvalue weighted by molar-refractivity contribution is -0.131. The third-order valence-electron chi connectivity index (χ3n) is 4.28. The van der Waals surface area contributed by atoms with E-state index in [1.54, 1.807) is 12.2 Å². The molecule has 0 amide bonds. The Labute approximate surface area is 146 Å². The van der Waals surface area contributed by atoms with Crippen molar-refractivity contribution in [2.24, 2.45) is 5.41 Å². The summed E-state index contributed by atoms with van der Waals surface area (Å²) in [5.74, 6) is -0.940. The van der Waals surface area contributed by atoms with E-state index >= 15 is 0 Å². The van der Waals surface area contributed by atoms with E-state index in [0.717, 1.165) is 6.08 Å². The van der Waals surface area contributed by atoms with Crippen LogP contribution in [0.3, 0.4) is 0 Å². The lowest BCUT2D eigenvalue weighted by atomic mass is 9.73. The molecular formula is C22H28O2. The average Bonchev–Trinajstić information content (AvgIpc) is 2.52. The van der Waals surface area contributed by atoms with Gasteiger partial charge in [-0.15, -0.1) is 0 Å². The molecule has 1 rings (SSSR count). The third-order valence-corrected chi connectivity index (χ3v) is 4.28. The number of aliphatic carboxylic acids is 1. The minimum Gasteiger partial charge on any atom is -0.478 e. The molecule has 2 nitrogen and oxygen atoms in total. The number of carbonyl (C=O) groups is 1. The van der Waals surface area contributed by atoms with Gasteiger partial charge in [-0.1, -0.05) is 86.3 Å². The van der Waals surface area contributed by atoms with Gasteiger partial charge in [0.25, 0.3) is 0 Å². The lowest BCUT2D eigenvalue weighted by Gasteiger charge is -2.32. The Morgan fingerprint density at radius 2 is 1.42 bits per heavy atom. The van der Waals surface area contributed by atoms with Gasteiger partial charge in [0, 0.05) is 6.08 Å². The molecule has 0 unspecified atom stereocenters. The first-order valence-electron chi connectivity index (χ1n) is 8.38. The van der Waals surface area contributed by atoms with Crippen LogP contribution in [0.2, 0.25) is 0 Å². The quantitative estimate of drug-likeness (QED) is 0.465. The maximum absolute atomic E-state index is 10.2. The molecule has 0 atom stereocenters. The van der Waals surface area contributed by atoms with Crippen molar-refractivity contribution in [1.29, 1.82) is 0 Å². The molecule has 0 aromatic heterocycles. The number of allylic oxidation sites excluding steroid dienone is 13. The highest BCUT2D eigenvalue weighted by Crippen LogP contribution is 2.40. The van der Waals surface area contributed by atoms with Crippen molar-refractivity contribution in [2.45, 2.75) is 40.0 Å². The largest absolute Gasteiger partial charge is 0.478 e. The molecule has 0 aliphatic heterocycles. The second kappa shape index (κ2) is 10.4. The molecule has 24 heavy (non-hydrogen) atoms. The summed E-state index contributed by atoms with van der Waals surface area (Å²) in [6, 6.07) is 0. The lowest BCUT2D eigenvalue weighted by Crippen LogP contribution is -2.18. The molecule has 128 valence electrons. The van der Waals surface area contributed by atoms with Gasteiger partial charge in [-0.2, -0.15) is 0 Å². The second-order valence-electron chi connectivity index (χ2n) is 6.48. The Hall–Kier alpha value is -2.35. The van der Waals surface area contributed by atoms with Gasteiger partial charge in [-0.3, -0.25) is 0 Å². The fraction of sp³-hybridized carbons (Fsp3) is 0.318. The van der Waals surface area contributed by atoms with Crippen LogP contribution in [0.25, 0.3) is 0 Å². The van der Waals surface area contributed by atoms with Crippen LogP contribution in [0, 0.1) is 5.41 Å². The molecular weight excluding hydrogens is 296 g/mol. The summed E-state index contributed by atoms with van der Waals surface area (Å²) in [5.41, 5.74) is 3.32. The molecule has 0 spiro atoms. The molecule has 1 N–H and O–H groups in total. The number of rotatable bonds is 7. The van der Waals surface area contributed by atoms with Gasteiger partial charge in [0.2, 0.25) is 0 Å². The molecule has 0 saturated heterocycles. The van der Waals surface area contributed by atoms with E-state index in [1.165, 1.54) is 36.5 Å². The fourth-order valence-corrected chi connectivity index (χ4v) is 2.56. The summed E-state index contributed by atoms with van der Waals surface area (Å²) >= 11 is 0. The summed E-state index contributed by atoms with van der Waals surface area (Å²) < 4.78 is 0. The smallest absolute Gasteiger partial charge is 0.328 e. The first-order valence-corrected chi connectivity index (χ1v) is 8.38. The minimum absolute atomic E-state index is 0.333.